The summed E-state index contributed by atoms with van der Waals surface area (Å²) >= 11 is 0. The number of piperazine rings is 1. The quantitative estimate of drug-likeness (QED) is 0.710. The lowest BCUT2D eigenvalue weighted by molar-refractivity contribution is -0.156. The summed E-state index contributed by atoms with van der Waals surface area (Å²) in [6, 6.07) is 8.35. The molecule has 2 aliphatic heterocycles. The van der Waals surface area contributed by atoms with Crippen molar-refractivity contribution < 1.29 is 14.3 Å². The van der Waals surface area contributed by atoms with Gasteiger partial charge in [0.05, 0.1) is 19.1 Å². The molecule has 7 nitrogen and oxygen atoms in total. The number of benzene rings is 1. The third kappa shape index (κ3) is 5.00. The monoisotopic (exact) mass is 464 g/mol. The molecule has 2 fully saturated rings. The van der Waals surface area contributed by atoms with Crippen molar-refractivity contribution in [3.63, 3.8) is 0 Å². The van der Waals surface area contributed by atoms with E-state index in [0.29, 0.717) is 38.7 Å². The molecule has 0 spiro atoms. The minimum Gasteiger partial charge on any atom is -0.369 e. The van der Waals surface area contributed by atoms with E-state index in [-0.39, 0.29) is 30.9 Å². The maximum absolute atomic E-state index is 13.5. The van der Waals surface area contributed by atoms with Crippen molar-refractivity contribution in [1.29, 1.82) is 0 Å². The summed E-state index contributed by atoms with van der Waals surface area (Å²) < 4.78 is 5.43. The average Bonchev–Trinajstić information content (AvgIpc) is 2.80. The van der Waals surface area contributed by atoms with Gasteiger partial charge in [0.1, 0.15) is 6.61 Å². The second-order valence-corrected chi connectivity index (χ2v) is 9.92. The van der Waals surface area contributed by atoms with Gasteiger partial charge in [-0.1, -0.05) is 43.7 Å². The number of aromatic nitrogens is 1. The Morgan fingerprint density at radius 2 is 1.91 bits per heavy atom. The number of nitrogens with two attached hydrogens (primary N) is 1. The van der Waals surface area contributed by atoms with Gasteiger partial charge >= 0.3 is 0 Å². The van der Waals surface area contributed by atoms with Gasteiger partial charge in [-0.25, -0.2) is 0 Å². The average molecular weight is 465 g/mol. The van der Waals surface area contributed by atoms with Crippen LogP contribution in [0, 0.1) is 19.8 Å². The van der Waals surface area contributed by atoms with Crippen LogP contribution in [-0.2, 0) is 33.7 Å². The van der Waals surface area contributed by atoms with Crippen LogP contribution in [0.25, 0.3) is 11.1 Å². The van der Waals surface area contributed by atoms with Gasteiger partial charge in [-0.15, -0.1) is 0 Å². The molecule has 1 atom stereocenters. The van der Waals surface area contributed by atoms with Crippen LogP contribution in [0.3, 0.4) is 0 Å². The molecule has 1 unspecified atom stereocenters. The number of rotatable bonds is 6. The fraction of sp³-hybridized carbons (Fsp3) is 0.519. The van der Waals surface area contributed by atoms with E-state index in [9.17, 15) is 9.59 Å². The fourth-order valence-electron chi connectivity index (χ4n) is 5.09. The zero-order valence-electron chi connectivity index (χ0n) is 20.8. The summed E-state index contributed by atoms with van der Waals surface area (Å²) in [4.78, 5) is 34.3. The van der Waals surface area contributed by atoms with Crippen LogP contribution in [0.4, 0.5) is 0 Å². The van der Waals surface area contributed by atoms with Gasteiger partial charge in [0.2, 0.25) is 11.8 Å². The third-order valence-corrected chi connectivity index (χ3v) is 6.86. The highest BCUT2D eigenvalue weighted by Crippen LogP contribution is 2.33. The van der Waals surface area contributed by atoms with Crippen molar-refractivity contribution in [2.45, 2.75) is 53.1 Å². The molecule has 34 heavy (non-hydrogen) atoms. The predicted molar refractivity (Wildman–Crippen MR) is 132 cm³/mol. The van der Waals surface area contributed by atoms with Crippen molar-refractivity contribution >= 4 is 11.8 Å². The van der Waals surface area contributed by atoms with Gasteiger partial charge in [0.25, 0.3) is 0 Å². The van der Waals surface area contributed by atoms with E-state index in [4.69, 9.17) is 15.5 Å². The van der Waals surface area contributed by atoms with Crippen molar-refractivity contribution in [2.24, 2.45) is 11.7 Å². The van der Waals surface area contributed by atoms with E-state index in [2.05, 4.69) is 45.0 Å². The van der Waals surface area contributed by atoms with Crippen molar-refractivity contribution in [2.75, 3.05) is 32.8 Å². The number of fused-ring (bicyclic) bond motifs is 1. The first-order valence-electron chi connectivity index (χ1n) is 12.2. The summed E-state index contributed by atoms with van der Waals surface area (Å²) in [6.07, 6.45) is 1.11. The Balaban J connectivity index is 1.68. The minimum absolute atomic E-state index is 0.0124. The maximum atomic E-state index is 13.5. The van der Waals surface area contributed by atoms with Crippen molar-refractivity contribution in [3.8, 4) is 11.1 Å². The summed E-state index contributed by atoms with van der Waals surface area (Å²) in [5.41, 5.74) is 13.5. The first-order valence-corrected chi connectivity index (χ1v) is 12.2. The highest BCUT2D eigenvalue weighted by atomic mass is 16.5. The van der Waals surface area contributed by atoms with Gasteiger partial charge in [-0.05, 0) is 48.4 Å². The van der Waals surface area contributed by atoms with E-state index < -0.39 is 0 Å². The molecule has 0 radical (unpaired) electrons. The van der Waals surface area contributed by atoms with Crippen molar-refractivity contribution in [1.82, 2.24) is 14.8 Å². The zero-order chi connectivity index (χ0) is 24.4. The van der Waals surface area contributed by atoms with E-state index in [1.54, 1.807) is 0 Å². The molecule has 7 heteroatoms. The molecule has 0 saturated carbocycles. The van der Waals surface area contributed by atoms with Crippen LogP contribution in [0.2, 0.25) is 0 Å². The Hall–Kier alpha value is -2.77. The van der Waals surface area contributed by atoms with Crippen molar-refractivity contribution in [3.05, 3.63) is 52.3 Å². The largest absolute Gasteiger partial charge is 0.369 e. The van der Waals surface area contributed by atoms with Crippen LogP contribution >= 0.6 is 0 Å². The van der Waals surface area contributed by atoms with Gasteiger partial charge in [0, 0.05) is 37.6 Å². The van der Waals surface area contributed by atoms with Gasteiger partial charge in [-0.3, -0.25) is 14.6 Å². The third-order valence-electron chi connectivity index (χ3n) is 6.86. The normalized spacial score (nSPS) is 18.4. The number of hydrogen-bond acceptors (Lipinski definition) is 5. The Bertz CT molecular complexity index is 1060. The van der Waals surface area contributed by atoms with E-state index >= 15 is 0 Å². The number of aryl methyl sites for hydroxylation is 2. The maximum Gasteiger partial charge on any atom is 0.249 e. The molecule has 3 heterocycles. The molecule has 2 N–H and O–H groups in total. The number of nitrogens with zero attached hydrogens (tertiary/aromatic N) is 3. The molecule has 0 aliphatic carbocycles. The second kappa shape index (κ2) is 10.2. The molecular weight excluding hydrogens is 428 g/mol. The zero-order valence-corrected chi connectivity index (χ0v) is 20.8. The smallest absolute Gasteiger partial charge is 0.249 e. The molecule has 0 bridgehead atoms. The Morgan fingerprint density at radius 1 is 1.18 bits per heavy atom. The van der Waals surface area contributed by atoms with E-state index in [1.165, 1.54) is 5.56 Å². The molecule has 2 aromatic rings. The molecular formula is C27H36N4O3. The summed E-state index contributed by atoms with van der Waals surface area (Å²) in [7, 11) is 0. The highest BCUT2D eigenvalue weighted by molar-refractivity contribution is 5.84. The Kier molecular flexibility index (Phi) is 7.33. The van der Waals surface area contributed by atoms with E-state index in [1.807, 2.05) is 16.7 Å². The first kappa shape index (κ1) is 24.4. The molecule has 1 aromatic carbocycles. The van der Waals surface area contributed by atoms with Crippen LogP contribution < -0.4 is 5.73 Å². The molecule has 2 aliphatic rings. The topological polar surface area (TPSA) is 88.8 Å². The Morgan fingerprint density at radius 3 is 2.59 bits per heavy atom. The number of carbonyl (C=O) groups is 2. The lowest BCUT2D eigenvalue weighted by Crippen LogP contribution is -2.61. The van der Waals surface area contributed by atoms with Gasteiger partial charge in [0.15, 0.2) is 0 Å². The van der Waals surface area contributed by atoms with Gasteiger partial charge in [-0.2, -0.15) is 0 Å². The summed E-state index contributed by atoms with van der Waals surface area (Å²) in [5, 5.41) is 0. The van der Waals surface area contributed by atoms with Crippen LogP contribution in [0.15, 0.2) is 24.3 Å². The fourth-order valence-corrected chi connectivity index (χ4v) is 5.09. The number of morpholine rings is 1. The number of pyridine rings is 1. The number of amides is 2. The SMILES string of the molecule is Cc1ccc(-c2c(CC(=O)N3CCN4C(=O)COCC4C3)c(C)nc(CC(C)C)c2CN)cc1. The van der Waals surface area contributed by atoms with E-state index in [0.717, 1.165) is 40.1 Å². The lowest BCUT2D eigenvalue weighted by atomic mass is 9.88. The first-order chi connectivity index (χ1) is 16.3. The molecule has 2 saturated heterocycles. The van der Waals surface area contributed by atoms with Gasteiger partial charge < -0.3 is 20.3 Å². The highest BCUT2D eigenvalue weighted by Gasteiger charge is 2.35. The molecule has 182 valence electrons. The van der Waals surface area contributed by atoms with Crippen LogP contribution in [-0.4, -0.2) is 65.5 Å². The lowest BCUT2D eigenvalue weighted by Gasteiger charge is -2.43. The predicted octanol–water partition coefficient (Wildman–Crippen LogP) is 2.63. The number of hydrogen-bond donors (Lipinski definition) is 1. The molecule has 4 rings (SSSR count). The summed E-state index contributed by atoms with van der Waals surface area (Å²) in [5.74, 6) is 0.515. The standard InChI is InChI=1S/C27H36N4O3/c1-17(2)11-24-23(13-28)27(20-7-5-18(3)6-8-20)22(19(4)29-24)12-25(32)30-9-10-31-21(14-30)15-34-16-26(31)33/h5-8,17,21H,9-16,28H2,1-4H3. The summed E-state index contributed by atoms with van der Waals surface area (Å²) in [6.45, 7) is 11.0. The second-order valence-electron chi connectivity index (χ2n) is 9.92. The molecule has 1 aromatic heterocycles. The van der Waals surface area contributed by atoms with Crippen LogP contribution in [0.1, 0.15) is 41.9 Å². The number of carbonyl (C=O) groups excluding carboxylic acids is 2. The minimum atomic E-state index is -0.0669. The van der Waals surface area contributed by atoms with Crippen LogP contribution in [0.5, 0.6) is 0 Å². The Labute approximate surface area is 202 Å². The molecule has 2 amide bonds. The number of ether oxygens (including phenoxy) is 1.